The fourth-order valence-electron chi connectivity index (χ4n) is 7.91. The summed E-state index contributed by atoms with van der Waals surface area (Å²) in [5.74, 6) is -0.743. The fourth-order valence-corrected chi connectivity index (χ4v) is 7.91. The summed E-state index contributed by atoms with van der Waals surface area (Å²) >= 11 is 0. The van der Waals surface area contributed by atoms with E-state index in [1.54, 1.807) is 19.6 Å². The number of methoxy groups -OCH3 is 2. The third-order valence-electron chi connectivity index (χ3n) is 9.85. The zero-order valence-electron chi connectivity index (χ0n) is 21.4. The molecule has 2 saturated carbocycles. The lowest BCUT2D eigenvalue weighted by atomic mass is 9.41. The molecule has 1 aliphatic heterocycles. The number of hydrogen-bond acceptors (Lipinski definition) is 7. The van der Waals surface area contributed by atoms with Crippen LogP contribution in [0.4, 0.5) is 0 Å². The largest absolute Gasteiger partial charge is 0.472 e. The van der Waals surface area contributed by atoms with Crippen molar-refractivity contribution in [2.45, 2.75) is 65.6 Å². The van der Waals surface area contributed by atoms with Crippen molar-refractivity contribution in [1.82, 2.24) is 0 Å². The minimum atomic E-state index is -0.852. The molecule has 4 aliphatic rings. The van der Waals surface area contributed by atoms with E-state index < -0.39 is 22.9 Å². The van der Waals surface area contributed by atoms with Crippen molar-refractivity contribution in [2.24, 2.45) is 34.0 Å². The van der Waals surface area contributed by atoms with Gasteiger partial charge < -0.3 is 23.7 Å². The summed E-state index contributed by atoms with van der Waals surface area (Å²) in [6.07, 6.45) is 6.39. The van der Waals surface area contributed by atoms with Crippen LogP contribution in [-0.2, 0) is 23.8 Å². The third kappa shape index (κ3) is 3.19. The lowest BCUT2D eigenvalue weighted by Crippen LogP contribution is -2.66. The molecule has 3 aliphatic carbocycles. The molecule has 5 rings (SSSR count). The second-order valence-electron chi connectivity index (χ2n) is 11.7. The lowest BCUT2D eigenvalue weighted by Gasteiger charge is -2.63. The van der Waals surface area contributed by atoms with Gasteiger partial charge in [-0.25, -0.2) is 0 Å². The van der Waals surface area contributed by atoms with Gasteiger partial charge in [0.2, 0.25) is 0 Å². The zero-order chi connectivity index (χ0) is 25.3. The highest BCUT2D eigenvalue weighted by molar-refractivity contribution is 5.92. The number of Topliss-reactive ketones (excluding diaryl/α,β-unsaturated/α-hetero) is 1. The van der Waals surface area contributed by atoms with Gasteiger partial charge >= 0.3 is 5.97 Å². The van der Waals surface area contributed by atoms with Crippen molar-refractivity contribution in [3.05, 3.63) is 47.3 Å². The number of ether oxygens (including phenoxy) is 3. The van der Waals surface area contributed by atoms with Crippen LogP contribution in [0.5, 0.6) is 0 Å². The summed E-state index contributed by atoms with van der Waals surface area (Å²) in [5.41, 5.74) is 1.50. The van der Waals surface area contributed by atoms with E-state index in [1.165, 1.54) is 12.7 Å². The molecule has 1 aromatic heterocycles. The predicted molar refractivity (Wildman–Crippen MR) is 127 cm³/mol. The number of ketones is 1. The molecule has 0 radical (unpaired) electrons. The molecular weight excluding hydrogens is 448 g/mol. The molecule has 0 aromatic carbocycles. The Bertz CT molecular complexity index is 1100. The Morgan fingerprint density at radius 2 is 1.97 bits per heavy atom. The third-order valence-corrected chi connectivity index (χ3v) is 9.85. The topological polar surface area (TPSA) is 95.2 Å². The van der Waals surface area contributed by atoms with Gasteiger partial charge in [0.15, 0.2) is 0 Å². The number of fused-ring (bicyclic) bond motifs is 5. The number of esters is 1. The van der Waals surface area contributed by atoms with Gasteiger partial charge in [-0.05, 0) is 48.2 Å². The van der Waals surface area contributed by atoms with Crippen LogP contribution in [0.2, 0.25) is 0 Å². The normalized spacial score (nSPS) is 39.7. The minimum absolute atomic E-state index is 0.0341. The Morgan fingerprint density at radius 3 is 2.60 bits per heavy atom. The quantitative estimate of drug-likeness (QED) is 0.618. The second-order valence-corrected chi connectivity index (χ2v) is 11.7. The molecule has 0 saturated heterocycles. The van der Waals surface area contributed by atoms with Gasteiger partial charge in [-0.15, -0.1) is 0 Å². The molecule has 1 N–H and O–H groups in total. The van der Waals surface area contributed by atoms with Crippen LogP contribution in [0.15, 0.2) is 46.2 Å². The molecule has 1 aromatic rings. The first-order valence-corrected chi connectivity index (χ1v) is 12.5. The molecule has 2 bridgehead atoms. The number of carbonyl (C=O) groups excluding carboxylic acids is 2. The number of furan rings is 1. The number of aliphatic hydroxyl groups is 1. The summed E-state index contributed by atoms with van der Waals surface area (Å²) in [7, 11) is 2.96. The highest BCUT2D eigenvalue weighted by Gasteiger charge is 2.67. The van der Waals surface area contributed by atoms with Crippen molar-refractivity contribution in [3.8, 4) is 0 Å². The first kappa shape index (κ1) is 24.2. The smallest absolute Gasteiger partial charge is 0.305 e. The van der Waals surface area contributed by atoms with Crippen LogP contribution in [0, 0.1) is 34.0 Å². The van der Waals surface area contributed by atoms with Crippen molar-refractivity contribution in [1.29, 1.82) is 0 Å². The van der Waals surface area contributed by atoms with Gasteiger partial charge in [0.05, 0.1) is 32.8 Å². The number of allylic oxidation sites excluding steroid dienone is 2. The zero-order valence-corrected chi connectivity index (χ0v) is 21.4. The lowest BCUT2D eigenvalue weighted by molar-refractivity contribution is -0.185. The molecule has 35 heavy (non-hydrogen) atoms. The first-order chi connectivity index (χ1) is 16.5. The molecule has 190 valence electrons. The Kier molecular flexibility index (Phi) is 5.51. The van der Waals surface area contributed by atoms with Crippen LogP contribution in [0.25, 0.3) is 0 Å². The molecule has 0 amide bonds. The number of aliphatic hydroxyl groups excluding tert-OH is 1. The molecule has 2 heterocycles. The van der Waals surface area contributed by atoms with E-state index in [4.69, 9.17) is 18.6 Å². The molecule has 7 atom stereocenters. The van der Waals surface area contributed by atoms with E-state index in [0.717, 1.165) is 24.0 Å². The maximum atomic E-state index is 14.0. The van der Waals surface area contributed by atoms with Crippen LogP contribution < -0.4 is 0 Å². The van der Waals surface area contributed by atoms with E-state index in [2.05, 4.69) is 6.92 Å². The van der Waals surface area contributed by atoms with Gasteiger partial charge in [-0.2, -0.15) is 0 Å². The monoisotopic (exact) mass is 484 g/mol. The van der Waals surface area contributed by atoms with Crippen molar-refractivity contribution >= 4 is 11.8 Å². The van der Waals surface area contributed by atoms with E-state index in [9.17, 15) is 14.7 Å². The van der Waals surface area contributed by atoms with Crippen LogP contribution in [0.3, 0.4) is 0 Å². The molecule has 7 heteroatoms. The maximum absolute atomic E-state index is 14.0. The van der Waals surface area contributed by atoms with Crippen LogP contribution >= 0.6 is 0 Å². The molecule has 2 fully saturated rings. The highest BCUT2D eigenvalue weighted by atomic mass is 16.7. The van der Waals surface area contributed by atoms with Crippen molar-refractivity contribution < 1.29 is 33.3 Å². The van der Waals surface area contributed by atoms with Crippen LogP contribution in [-0.4, -0.2) is 37.2 Å². The average molecular weight is 485 g/mol. The van der Waals surface area contributed by atoms with E-state index in [-0.39, 0.29) is 41.5 Å². The number of hydrogen-bond donors (Lipinski definition) is 1. The minimum Gasteiger partial charge on any atom is -0.472 e. The predicted octanol–water partition coefficient (Wildman–Crippen LogP) is 4.73. The Labute approximate surface area is 206 Å². The first-order valence-electron chi connectivity index (χ1n) is 12.5. The van der Waals surface area contributed by atoms with Gasteiger partial charge in [-0.1, -0.05) is 33.3 Å². The average Bonchev–Trinajstić information content (AvgIpc) is 3.36. The van der Waals surface area contributed by atoms with Crippen molar-refractivity contribution in [3.63, 3.8) is 0 Å². The van der Waals surface area contributed by atoms with E-state index in [0.29, 0.717) is 12.4 Å². The van der Waals surface area contributed by atoms with Gasteiger partial charge in [0.1, 0.15) is 11.9 Å². The SMILES string of the molecule is COC(=O)C[C@H]1C(C)(C)[C@@H](O)[C@H]2CC3=C4C=C(OC)O[C@@H](c5ccoc5)[C@]4(C)CC[C@H]3[C@@]1(C)C2=O. The fraction of sp³-hybridized carbons (Fsp3) is 0.643. The molecule has 0 spiro atoms. The number of rotatable bonds is 4. The maximum Gasteiger partial charge on any atom is 0.305 e. The molecular formula is C28H36O7. The summed E-state index contributed by atoms with van der Waals surface area (Å²) < 4.78 is 22.3. The number of carbonyl (C=O) groups is 2. The summed E-state index contributed by atoms with van der Waals surface area (Å²) in [6, 6.07) is 1.92. The van der Waals surface area contributed by atoms with Gasteiger partial charge in [0.25, 0.3) is 5.95 Å². The summed E-state index contributed by atoms with van der Waals surface area (Å²) in [5, 5.41) is 11.5. The Morgan fingerprint density at radius 1 is 1.23 bits per heavy atom. The highest BCUT2D eigenvalue weighted by Crippen LogP contribution is 2.67. The van der Waals surface area contributed by atoms with Gasteiger partial charge in [0, 0.05) is 34.8 Å². The molecule has 7 nitrogen and oxygen atoms in total. The Balaban J connectivity index is 1.70. The summed E-state index contributed by atoms with van der Waals surface area (Å²) in [6.45, 7) is 8.19. The Hall–Kier alpha value is -2.54. The van der Waals surface area contributed by atoms with Gasteiger partial charge in [-0.3, -0.25) is 9.59 Å². The standard InChI is InChI=1S/C28H36O7/c1-26(2)20(13-21(29)32-5)28(4)18-7-9-27(3)19(16(18)11-17(23(26)30)24(28)31)12-22(33-6)35-25(27)15-8-10-34-14-15/h8,10,12,14,17-18,20,23,25,30H,7,9,11,13H2,1-6H3/t17-,18-,20+,23+,25+,27-,28-/m1/s1. The van der Waals surface area contributed by atoms with E-state index in [1.807, 2.05) is 32.9 Å². The van der Waals surface area contributed by atoms with Crippen molar-refractivity contribution in [2.75, 3.05) is 14.2 Å². The molecule has 0 unspecified atom stereocenters. The second kappa shape index (κ2) is 7.99. The van der Waals surface area contributed by atoms with Crippen LogP contribution in [0.1, 0.15) is 65.0 Å². The van der Waals surface area contributed by atoms with E-state index >= 15 is 0 Å². The summed E-state index contributed by atoms with van der Waals surface area (Å²) in [4.78, 5) is 26.5.